The van der Waals surface area contributed by atoms with Crippen LogP contribution < -0.4 is 5.32 Å². The molecule has 1 N–H and O–H groups in total. The van der Waals surface area contributed by atoms with Gasteiger partial charge in [0.25, 0.3) is 0 Å². The minimum absolute atomic E-state index is 0. The lowest BCUT2D eigenvalue weighted by Gasteiger charge is -2.37. The molecule has 0 saturated heterocycles. The SMILES string of the molecule is CN1CCN=C1NC1CC(c2ccc(F)cc2)C1.I. The van der Waals surface area contributed by atoms with E-state index in [-0.39, 0.29) is 29.8 Å². The normalized spacial score (nSPS) is 25.4. The van der Waals surface area contributed by atoms with Crippen molar-refractivity contribution in [3.63, 3.8) is 0 Å². The molecule has 0 amide bonds. The van der Waals surface area contributed by atoms with Crippen LogP contribution in [0.1, 0.15) is 24.3 Å². The molecule has 0 unspecified atom stereocenters. The summed E-state index contributed by atoms with van der Waals surface area (Å²) in [6.07, 6.45) is 2.22. The number of likely N-dealkylation sites (N-methyl/N-ethyl adjacent to an activating group) is 1. The molecule has 0 spiro atoms. The molecule has 19 heavy (non-hydrogen) atoms. The Bertz CT molecular complexity index is 454. The quantitative estimate of drug-likeness (QED) is 0.805. The monoisotopic (exact) mass is 375 g/mol. The highest BCUT2D eigenvalue weighted by Crippen LogP contribution is 2.36. The van der Waals surface area contributed by atoms with Crippen LogP contribution in [0.3, 0.4) is 0 Å². The summed E-state index contributed by atoms with van der Waals surface area (Å²) < 4.78 is 12.8. The fourth-order valence-electron chi connectivity index (χ4n) is 2.61. The Kier molecular flexibility index (Phi) is 4.65. The summed E-state index contributed by atoms with van der Waals surface area (Å²) in [4.78, 5) is 6.59. The minimum atomic E-state index is -0.158. The number of benzene rings is 1. The Morgan fingerprint density at radius 3 is 2.53 bits per heavy atom. The first-order valence-electron chi connectivity index (χ1n) is 6.50. The van der Waals surface area contributed by atoms with Gasteiger partial charge in [-0.15, -0.1) is 24.0 Å². The first-order chi connectivity index (χ1) is 8.72. The molecule has 5 heteroatoms. The third kappa shape index (κ3) is 3.19. The Balaban J connectivity index is 0.00000133. The Labute approximate surface area is 130 Å². The summed E-state index contributed by atoms with van der Waals surface area (Å²) in [5.74, 6) is 1.43. The van der Waals surface area contributed by atoms with Gasteiger partial charge in [0.2, 0.25) is 0 Å². The Morgan fingerprint density at radius 1 is 1.26 bits per heavy atom. The first kappa shape index (κ1) is 14.6. The number of rotatable bonds is 2. The van der Waals surface area contributed by atoms with E-state index in [9.17, 15) is 4.39 Å². The van der Waals surface area contributed by atoms with Crippen LogP contribution in [0, 0.1) is 5.82 Å². The smallest absolute Gasteiger partial charge is 0.194 e. The summed E-state index contributed by atoms with van der Waals surface area (Å²) in [5, 5.41) is 3.48. The zero-order valence-corrected chi connectivity index (χ0v) is 13.3. The van der Waals surface area contributed by atoms with Crippen molar-refractivity contribution in [3.8, 4) is 0 Å². The summed E-state index contributed by atoms with van der Waals surface area (Å²) in [5.41, 5.74) is 1.25. The van der Waals surface area contributed by atoms with Crippen molar-refractivity contribution in [3.05, 3.63) is 35.6 Å². The fraction of sp³-hybridized carbons (Fsp3) is 0.500. The average Bonchev–Trinajstić information content (AvgIpc) is 2.71. The highest BCUT2D eigenvalue weighted by atomic mass is 127. The molecule has 104 valence electrons. The van der Waals surface area contributed by atoms with Crippen molar-refractivity contribution < 1.29 is 4.39 Å². The molecule has 2 aliphatic rings. The van der Waals surface area contributed by atoms with Crippen LogP contribution >= 0.6 is 24.0 Å². The van der Waals surface area contributed by atoms with E-state index in [1.807, 2.05) is 12.1 Å². The number of hydrogen-bond donors (Lipinski definition) is 1. The van der Waals surface area contributed by atoms with Crippen molar-refractivity contribution in [1.82, 2.24) is 10.2 Å². The van der Waals surface area contributed by atoms with Gasteiger partial charge in [-0.3, -0.25) is 4.99 Å². The molecule has 1 fully saturated rings. The number of aliphatic imine (C=N–C) groups is 1. The number of halogens is 2. The maximum atomic E-state index is 12.8. The molecule has 3 rings (SSSR count). The third-order valence-electron chi connectivity index (χ3n) is 3.87. The van der Waals surface area contributed by atoms with Gasteiger partial charge >= 0.3 is 0 Å². The van der Waals surface area contributed by atoms with Crippen molar-refractivity contribution in [1.29, 1.82) is 0 Å². The number of guanidine groups is 1. The van der Waals surface area contributed by atoms with Gasteiger partial charge < -0.3 is 10.2 Å². The lowest BCUT2D eigenvalue weighted by molar-refractivity contribution is 0.315. The predicted molar refractivity (Wildman–Crippen MR) is 85.6 cm³/mol. The Hall–Kier alpha value is -0.850. The largest absolute Gasteiger partial charge is 0.353 e. The van der Waals surface area contributed by atoms with Gasteiger partial charge in [0.1, 0.15) is 5.82 Å². The number of hydrogen-bond acceptors (Lipinski definition) is 3. The van der Waals surface area contributed by atoms with Crippen molar-refractivity contribution >= 4 is 29.9 Å². The van der Waals surface area contributed by atoms with Crippen molar-refractivity contribution in [2.24, 2.45) is 4.99 Å². The summed E-state index contributed by atoms with van der Waals surface area (Å²) in [6, 6.07) is 7.40. The molecular formula is C14H19FIN3. The fourth-order valence-corrected chi connectivity index (χ4v) is 2.61. The molecule has 0 atom stereocenters. The van der Waals surface area contributed by atoms with E-state index < -0.39 is 0 Å². The van der Waals surface area contributed by atoms with E-state index in [4.69, 9.17) is 0 Å². The summed E-state index contributed by atoms with van der Waals surface area (Å²) in [7, 11) is 2.06. The molecular weight excluding hydrogens is 356 g/mol. The topological polar surface area (TPSA) is 27.6 Å². The average molecular weight is 375 g/mol. The molecule has 3 nitrogen and oxygen atoms in total. The van der Waals surface area contributed by atoms with E-state index in [1.54, 1.807) is 12.1 Å². The van der Waals surface area contributed by atoms with Crippen LogP contribution in [-0.4, -0.2) is 37.0 Å². The highest BCUT2D eigenvalue weighted by molar-refractivity contribution is 14.0. The summed E-state index contributed by atoms with van der Waals surface area (Å²) >= 11 is 0. The molecule has 1 aromatic carbocycles. The zero-order chi connectivity index (χ0) is 12.5. The molecule has 1 heterocycles. The van der Waals surface area contributed by atoms with Gasteiger partial charge in [0, 0.05) is 19.6 Å². The predicted octanol–water partition coefficient (Wildman–Crippen LogP) is 2.58. The van der Waals surface area contributed by atoms with Crippen LogP contribution in [0.25, 0.3) is 0 Å². The van der Waals surface area contributed by atoms with Gasteiger partial charge in [-0.25, -0.2) is 4.39 Å². The third-order valence-corrected chi connectivity index (χ3v) is 3.87. The van der Waals surface area contributed by atoms with E-state index in [2.05, 4.69) is 22.3 Å². The Morgan fingerprint density at radius 2 is 1.95 bits per heavy atom. The molecule has 0 bridgehead atoms. The van der Waals surface area contributed by atoms with E-state index in [0.29, 0.717) is 12.0 Å². The molecule has 1 saturated carbocycles. The molecule has 0 radical (unpaired) electrons. The van der Waals surface area contributed by atoms with Gasteiger partial charge in [-0.1, -0.05) is 12.1 Å². The van der Waals surface area contributed by atoms with Crippen molar-refractivity contribution in [2.45, 2.75) is 24.8 Å². The lowest BCUT2D eigenvalue weighted by Crippen LogP contribution is -2.47. The van der Waals surface area contributed by atoms with Gasteiger partial charge in [0.15, 0.2) is 5.96 Å². The second-order valence-corrected chi connectivity index (χ2v) is 5.19. The highest BCUT2D eigenvalue weighted by Gasteiger charge is 2.31. The molecule has 1 aromatic rings. The van der Waals surface area contributed by atoms with Crippen LogP contribution in [-0.2, 0) is 0 Å². The zero-order valence-electron chi connectivity index (χ0n) is 11.0. The van der Waals surface area contributed by atoms with Crippen LogP contribution in [0.4, 0.5) is 4.39 Å². The lowest BCUT2D eigenvalue weighted by atomic mass is 9.76. The van der Waals surface area contributed by atoms with E-state index in [1.165, 1.54) is 5.56 Å². The summed E-state index contributed by atoms with van der Waals surface area (Å²) in [6.45, 7) is 1.91. The maximum absolute atomic E-state index is 12.8. The van der Waals surface area contributed by atoms with Gasteiger partial charge in [0.05, 0.1) is 6.54 Å². The second kappa shape index (κ2) is 6.07. The van der Waals surface area contributed by atoms with E-state index >= 15 is 0 Å². The molecule has 0 aromatic heterocycles. The maximum Gasteiger partial charge on any atom is 0.194 e. The van der Waals surface area contributed by atoms with Crippen molar-refractivity contribution in [2.75, 3.05) is 20.1 Å². The minimum Gasteiger partial charge on any atom is -0.353 e. The molecule has 1 aliphatic heterocycles. The van der Waals surface area contributed by atoms with Crippen LogP contribution in [0.15, 0.2) is 29.3 Å². The number of nitrogens with one attached hydrogen (secondary N) is 1. The van der Waals surface area contributed by atoms with E-state index in [0.717, 1.165) is 31.9 Å². The molecule has 1 aliphatic carbocycles. The standard InChI is InChI=1S/C14H18FN3.HI/c1-18-7-6-16-14(18)17-13-8-11(9-13)10-2-4-12(15)5-3-10;/h2-5,11,13H,6-9H2,1H3,(H,16,17);1H. The first-order valence-corrected chi connectivity index (χ1v) is 6.50. The van der Waals surface area contributed by atoms with Gasteiger partial charge in [-0.2, -0.15) is 0 Å². The van der Waals surface area contributed by atoms with Crippen LogP contribution in [0.5, 0.6) is 0 Å². The number of nitrogens with zero attached hydrogens (tertiary/aromatic N) is 2. The van der Waals surface area contributed by atoms with Gasteiger partial charge in [-0.05, 0) is 36.5 Å². The van der Waals surface area contributed by atoms with Crippen LogP contribution in [0.2, 0.25) is 0 Å². The second-order valence-electron chi connectivity index (χ2n) is 5.19.